The number of nitrogens with one attached hydrogen (secondary N) is 1. The van der Waals surface area contributed by atoms with Gasteiger partial charge in [-0.15, -0.1) is 11.6 Å². The monoisotopic (exact) mass is 537 g/mol. The number of hydrogen-bond acceptors (Lipinski definition) is 5. The molecule has 1 fully saturated rings. The minimum Gasteiger partial charge on any atom is -0.390 e. The SMILES string of the molecule is COC1OC(COC(c2ccccc2)(c2ccccc2)c2ccccc2)C(C)C(O)C1NC(=O)CCCCl. The van der Waals surface area contributed by atoms with Gasteiger partial charge in [-0.25, -0.2) is 0 Å². The molecule has 2 N–H and O–H groups in total. The van der Waals surface area contributed by atoms with Crippen molar-refractivity contribution in [2.45, 2.75) is 49.9 Å². The average molecular weight is 538 g/mol. The Hall–Kier alpha value is -2.74. The quantitative estimate of drug-likeness (QED) is 0.270. The first kappa shape index (κ1) is 28.3. The Kier molecular flexibility index (Phi) is 9.94. The minimum absolute atomic E-state index is 0.184. The molecule has 7 heteroatoms. The van der Waals surface area contributed by atoms with Gasteiger partial charge in [0.2, 0.25) is 5.91 Å². The Morgan fingerprint density at radius 2 is 1.45 bits per heavy atom. The molecule has 1 heterocycles. The van der Waals surface area contributed by atoms with E-state index in [2.05, 4.69) is 41.7 Å². The average Bonchev–Trinajstić information content (AvgIpc) is 2.97. The smallest absolute Gasteiger partial charge is 0.220 e. The Morgan fingerprint density at radius 3 is 1.89 bits per heavy atom. The van der Waals surface area contributed by atoms with Gasteiger partial charge in [0.15, 0.2) is 6.29 Å². The van der Waals surface area contributed by atoms with Crippen LogP contribution in [0.3, 0.4) is 0 Å². The maximum atomic E-state index is 12.4. The maximum absolute atomic E-state index is 12.4. The predicted octanol–water partition coefficient (Wildman–Crippen LogP) is 4.87. The highest BCUT2D eigenvalue weighted by Gasteiger charge is 2.46. The molecule has 0 saturated carbocycles. The largest absolute Gasteiger partial charge is 0.390 e. The number of halogens is 1. The van der Waals surface area contributed by atoms with E-state index in [1.807, 2.05) is 61.5 Å². The van der Waals surface area contributed by atoms with Gasteiger partial charge in [0, 0.05) is 25.3 Å². The van der Waals surface area contributed by atoms with Gasteiger partial charge in [-0.3, -0.25) is 4.79 Å². The van der Waals surface area contributed by atoms with Crippen LogP contribution < -0.4 is 5.32 Å². The number of alkyl halides is 1. The Balaban J connectivity index is 1.64. The predicted molar refractivity (Wildman–Crippen MR) is 148 cm³/mol. The molecule has 5 unspecified atom stereocenters. The van der Waals surface area contributed by atoms with Crippen molar-refractivity contribution < 1.29 is 24.1 Å². The number of carbonyl (C=O) groups is 1. The Bertz CT molecular complexity index is 1030. The third-order valence-electron chi connectivity index (χ3n) is 7.20. The van der Waals surface area contributed by atoms with E-state index in [1.54, 1.807) is 0 Å². The number of rotatable bonds is 11. The van der Waals surface area contributed by atoms with Crippen LogP contribution in [0.4, 0.5) is 0 Å². The molecule has 0 aliphatic carbocycles. The molecule has 202 valence electrons. The number of ether oxygens (including phenoxy) is 3. The molecule has 6 nitrogen and oxygen atoms in total. The van der Waals surface area contributed by atoms with Gasteiger partial charge in [0.25, 0.3) is 0 Å². The summed E-state index contributed by atoms with van der Waals surface area (Å²) in [7, 11) is 1.51. The summed E-state index contributed by atoms with van der Waals surface area (Å²) < 4.78 is 18.8. The Labute approximate surface area is 229 Å². The fraction of sp³-hybridized carbons (Fsp3) is 0.387. The molecule has 5 atom stereocenters. The van der Waals surface area contributed by atoms with Gasteiger partial charge in [-0.05, 0) is 23.1 Å². The summed E-state index contributed by atoms with van der Waals surface area (Å²) >= 11 is 5.73. The molecule has 3 aromatic rings. The first-order valence-corrected chi connectivity index (χ1v) is 13.6. The zero-order valence-electron chi connectivity index (χ0n) is 21.8. The van der Waals surface area contributed by atoms with Crippen LogP contribution in [0, 0.1) is 5.92 Å². The van der Waals surface area contributed by atoms with Crippen LogP contribution >= 0.6 is 11.6 Å². The molecule has 0 radical (unpaired) electrons. The number of amides is 1. The number of aliphatic hydroxyl groups excluding tert-OH is 1. The first-order valence-electron chi connectivity index (χ1n) is 13.0. The van der Waals surface area contributed by atoms with Crippen molar-refractivity contribution in [3.05, 3.63) is 108 Å². The van der Waals surface area contributed by atoms with E-state index < -0.39 is 30.1 Å². The number of hydrogen-bond donors (Lipinski definition) is 2. The molecule has 3 aromatic carbocycles. The fourth-order valence-electron chi connectivity index (χ4n) is 5.10. The van der Waals surface area contributed by atoms with Gasteiger partial charge in [0.1, 0.15) is 11.6 Å². The van der Waals surface area contributed by atoms with Gasteiger partial charge in [-0.1, -0.05) is 97.9 Å². The molecule has 1 aliphatic rings. The van der Waals surface area contributed by atoms with Gasteiger partial charge in [-0.2, -0.15) is 0 Å². The number of aliphatic hydroxyl groups is 1. The molecule has 0 spiro atoms. The molecule has 38 heavy (non-hydrogen) atoms. The van der Waals surface area contributed by atoms with Crippen LogP contribution in [-0.2, 0) is 24.6 Å². The lowest BCUT2D eigenvalue weighted by Gasteiger charge is -2.44. The van der Waals surface area contributed by atoms with E-state index in [0.717, 1.165) is 16.7 Å². The molecule has 1 amide bonds. The van der Waals surface area contributed by atoms with E-state index in [9.17, 15) is 9.90 Å². The topological polar surface area (TPSA) is 77.0 Å². The highest BCUT2D eigenvalue weighted by molar-refractivity contribution is 6.17. The van der Waals surface area contributed by atoms with Crippen LogP contribution in [-0.4, -0.2) is 55.2 Å². The highest BCUT2D eigenvalue weighted by atomic mass is 35.5. The third-order valence-corrected chi connectivity index (χ3v) is 7.46. The van der Waals surface area contributed by atoms with E-state index in [4.69, 9.17) is 25.8 Å². The van der Waals surface area contributed by atoms with Crippen molar-refractivity contribution in [2.24, 2.45) is 5.92 Å². The van der Waals surface area contributed by atoms with Gasteiger partial charge in [0.05, 0.1) is 18.8 Å². The lowest BCUT2D eigenvalue weighted by Crippen LogP contribution is -2.62. The van der Waals surface area contributed by atoms with E-state index in [1.165, 1.54) is 7.11 Å². The standard InChI is InChI=1S/C31H36ClNO5/c1-22-26(38-30(36-2)28(29(22)35)33-27(34)19-12-20-32)21-37-31(23-13-6-3-7-14-23,24-15-8-4-9-16-24)25-17-10-5-11-18-25/h3-11,13-18,22,26,28-30,35H,12,19-21H2,1-2H3,(H,33,34). The van der Waals surface area contributed by atoms with Crippen molar-refractivity contribution >= 4 is 17.5 Å². The summed E-state index contributed by atoms with van der Waals surface area (Å²) in [5.74, 6) is -0.134. The molecule has 1 aliphatic heterocycles. The minimum atomic E-state index is -0.910. The zero-order valence-corrected chi connectivity index (χ0v) is 22.6. The number of methoxy groups -OCH3 is 1. The summed E-state index contributed by atoms with van der Waals surface area (Å²) in [5.41, 5.74) is 2.03. The van der Waals surface area contributed by atoms with Crippen molar-refractivity contribution in [3.8, 4) is 0 Å². The van der Waals surface area contributed by atoms with Crippen molar-refractivity contribution in [2.75, 3.05) is 19.6 Å². The van der Waals surface area contributed by atoms with Crippen LogP contribution in [0.5, 0.6) is 0 Å². The van der Waals surface area contributed by atoms with E-state index >= 15 is 0 Å². The summed E-state index contributed by atoms with van der Waals surface area (Å²) in [6, 6.07) is 29.6. The maximum Gasteiger partial charge on any atom is 0.220 e. The van der Waals surface area contributed by atoms with E-state index in [0.29, 0.717) is 12.3 Å². The molecular formula is C31H36ClNO5. The lowest BCUT2D eigenvalue weighted by atomic mass is 9.80. The second kappa shape index (κ2) is 13.4. The van der Waals surface area contributed by atoms with Crippen LogP contribution in [0.15, 0.2) is 91.0 Å². The van der Waals surface area contributed by atoms with Crippen molar-refractivity contribution in [1.29, 1.82) is 0 Å². The zero-order chi connectivity index (χ0) is 27.0. The third kappa shape index (κ3) is 6.11. The van der Waals surface area contributed by atoms with Crippen molar-refractivity contribution in [3.63, 3.8) is 0 Å². The van der Waals surface area contributed by atoms with Crippen LogP contribution in [0.25, 0.3) is 0 Å². The lowest BCUT2D eigenvalue weighted by molar-refractivity contribution is -0.253. The molecule has 4 rings (SSSR count). The van der Waals surface area contributed by atoms with Crippen LogP contribution in [0.2, 0.25) is 0 Å². The molecule has 1 saturated heterocycles. The number of benzene rings is 3. The second-order valence-electron chi connectivity index (χ2n) is 9.60. The second-order valence-corrected chi connectivity index (χ2v) is 9.98. The fourth-order valence-corrected chi connectivity index (χ4v) is 5.23. The molecular weight excluding hydrogens is 502 g/mol. The summed E-state index contributed by atoms with van der Waals surface area (Å²) in [6.45, 7) is 2.08. The van der Waals surface area contributed by atoms with Crippen molar-refractivity contribution in [1.82, 2.24) is 5.32 Å². The molecule has 0 bridgehead atoms. The van der Waals surface area contributed by atoms with Gasteiger partial charge < -0.3 is 24.6 Å². The highest BCUT2D eigenvalue weighted by Crippen LogP contribution is 2.41. The summed E-state index contributed by atoms with van der Waals surface area (Å²) in [4.78, 5) is 12.4. The van der Waals surface area contributed by atoms with E-state index in [-0.39, 0.29) is 24.9 Å². The summed E-state index contributed by atoms with van der Waals surface area (Å²) in [5, 5.41) is 14.1. The number of carbonyl (C=O) groups excluding carboxylic acids is 1. The normalized spacial score (nSPS) is 23.6. The van der Waals surface area contributed by atoms with Crippen LogP contribution in [0.1, 0.15) is 36.5 Å². The molecule has 0 aromatic heterocycles. The summed E-state index contributed by atoms with van der Waals surface area (Å²) in [6.07, 6.45) is -1.36. The van der Waals surface area contributed by atoms with Gasteiger partial charge >= 0.3 is 0 Å². The Morgan fingerprint density at radius 1 is 0.947 bits per heavy atom. The first-order chi connectivity index (χ1) is 18.5.